The molecule has 2 N–H and O–H groups in total. The van der Waals surface area contributed by atoms with E-state index in [1.807, 2.05) is 75.6 Å². The fourth-order valence-corrected chi connectivity index (χ4v) is 8.05. The van der Waals surface area contributed by atoms with Crippen LogP contribution in [0.4, 0.5) is 11.4 Å². The van der Waals surface area contributed by atoms with Gasteiger partial charge >= 0.3 is 16.6 Å². The number of fused-ring (bicyclic) bond motifs is 2. The lowest BCUT2D eigenvalue weighted by Crippen LogP contribution is -2.29. The van der Waals surface area contributed by atoms with Crippen LogP contribution in [0.1, 0.15) is 108 Å². The van der Waals surface area contributed by atoms with Crippen molar-refractivity contribution in [1.82, 2.24) is 0 Å². The Bertz CT molecular complexity index is 2160. The molecule has 0 aromatic heterocycles. The van der Waals surface area contributed by atoms with E-state index >= 15 is 0 Å². The predicted molar refractivity (Wildman–Crippen MR) is 204 cm³/mol. The van der Waals surface area contributed by atoms with E-state index in [-0.39, 0.29) is 37.5 Å². The number of carbonyl (C=O) groups is 2. The van der Waals surface area contributed by atoms with Crippen LogP contribution in [0.5, 0.6) is 0 Å². The van der Waals surface area contributed by atoms with E-state index in [0.717, 1.165) is 28.3 Å². The second-order valence-corrected chi connectivity index (χ2v) is 17.3. The van der Waals surface area contributed by atoms with E-state index in [2.05, 4.69) is 4.90 Å². The monoisotopic (exact) mass is 810 g/mol. The molecule has 0 bridgehead atoms. The Morgan fingerprint density at radius 1 is 0.944 bits per heavy atom. The topological polar surface area (TPSA) is 223 Å². The third kappa shape index (κ3) is 11.3. The lowest BCUT2D eigenvalue weighted by Gasteiger charge is -2.27. The highest BCUT2D eigenvalue weighted by Gasteiger charge is 2.47. The highest BCUT2D eigenvalue weighted by atomic mass is 32.2. The third-order valence-corrected chi connectivity index (χ3v) is 11.0. The first kappa shape index (κ1) is 46.1. The van der Waals surface area contributed by atoms with Crippen LogP contribution in [0.2, 0.25) is 0 Å². The number of aliphatic carboxylic acids is 1. The Balaban J connectivity index is 0.00000192. The van der Waals surface area contributed by atoms with Gasteiger partial charge in [-0.05, 0) is 62.9 Å². The molecule has 2 aromatic carbocycles. The van der Waals surface area contributed by atoms with Crippen LogP contribution in [0.15, 0.2) is 65.2 Å². The minimum Gasteiger partial charge on any atom is -0.748 e. The average molecular weight is 811 g/mol. The molecule has 298 valence electrons. The average Bonchev–Trinajstić information content (AvgIpc) is 3.38. The van der Waals surface area contributed by atoms with Gasteiger partial charge in [0.25, 0.3) is 10.1 Å². The lowest BCUT2D eigenvalue weighted by molar-refractivity contribution is -0.437. The molecule has 2 heterocycles. The summed E-state index contributed by atoms with van der Waals surface area (Å²) in [7, 11) is -12.0. The predicted octanol–water partition coefficient (Wildman–Crippen LogP) is 5.74. The zero-order valence-electron chi connectivity index (χ0n) is 30.4. The van der Waals surface area contributed by atoms with Gasteiger partial charge in [0, 0.05) is 66.1 Å². The number of carboxylic acids is 1. The fourth-order valence-electron chi connectivity index (χ4n) is 7.06. The van der Waals surface area contributed by atoms with Crippen molar-refractivity contribution in [3.8, 4) is 0 Å². The molecule has 0 fully saturated rings. The Kier molecular flexibility index (Phi) is 15.8. The van der Waals surface area contributed by atoms with Crippen LogP contribution >= 0.6 is 0 Å². The maximum atomic E-state index is 13.2. The molecule has 2 aromatic rings. The summed E-state index contributed by atoms with van der Waals surface area (Å²) in [5.41, 5.74) is 4.11. The van der Waals surface area contributed by atoms with Crippen LogP contribution in [-0.4, -0.2) is 84.6 Å². The van der Waals surface area contributed by atoms with Gasteiger partial charge in [-0.25, -0.2) is 8.42 Å². The number of hydrogen-bond acceptors (Lipinski definition) is 11. The number of hydrogen-bond donors (Lipinski definition) is 2. The maximum absolute atomic E-state index is 13.2. The second kappa shape index (κ2) is 18.5. The number of ketones is 1. The molecule has 0 radical (unpaired) electrons. The maximum Gasteiger partial charge on any atom is 0.425 e. The van der Waals surface area contributed by atoms with E-state index in [0.29, 0.717) is 49.8 Å². The second-order valence-electron chi connectivity index (χ2n) is 13.9. The highest BCUT2D eigenvalue weighted by molar-refractivity contribution is 7.86. The summed E-state index contributed by atoms with van der Waals surface area (Å²) in [5, 5.41) is 9.05. The van der Waals surface area contributed by atoms with Gasteiger partial charge in [0.2, 0.25) is 5.69 Å². The van der Waals surface area contributed by atoms with E-state index in [4.69, 9.17) is 17.7 Å². The summed E-state index contributed by atoms with van der Waals surface area (Å²) in [6, 6.07) is 10.1. The molecule has 54 heavy (non-hydrogen) atoms. The number of Topliss-reactive ketones (excluding diaryl/α,β-unsaturated/α-hetero) is 1. The van der Waals surface area contributed by atoms with Crippen molar-refractivity contribution in [1.29, 1.82) is 0 Å². The summed E-state index contributed by atoms with van der Waals surface area (Å²) in [6.45, 7) is 10.7. The van der Waals surface area contributed by atoms with Crippen molar-refractivity contribution in [2.24, 2.45) is 0 Å². The SMILES string of the molecule is C.CCCC(=O)c1cccc2c1C(C)(C)C(/C=C/C=C1/N(CCCCCC(=O)O)c3ccc(S(=O)(=O)O)cc3C1(C)C)=[N+]2CCCS(=O)(=O)[O-].O=S(=O)=O. The summed E-state index contributed by atoms with van der Waals surface area (Å²) in [4.78, 5) is 26.1. The van der Waals surface area contributed by atoms with E-state index in [1.165, 1.54) is 12.1 Å². The van der Waals surface area contributed by atoms with E-state index < -0.39 is 53.4 Å². The summed E-state index contributed by atoms with van der Waals surface area (Å²) < 4.78 is 95.6. The molecule has 4 rings (SSSR count). The molecule has 0 saturated carbocycles. The first-order chi connectivity index (χ1) is 24.5. The van der Waals surface area contributed by atoms with Gasteiger partial charge in [-0.3, -0.25) is 14.1 Å². The zero-order chi connectivity index (χ0) is 39.9. The summed E-state index contributed by atoms with van der Waals surface area (Å²) in [6.07, 6.45) is 8.92. The smallest absolute Gasteiger partial charge is 0.425 e. The Hall–Kier alpha value is -4.03. The number of rotatable bonds is 16. The quantitative estimate of drug-likeness (QED) is 0.0894. The lowest BCUT2D eigenvalue weighted by atomic mass is 9.77. The van der Waals surface area contributed by atoms with Crippen molar-refractivity contribution in [2.45, 2.75) is 103 Å². The van der Waals surface area contributed by atoms with E-state index in [9.17, 15) is 35.5 Å². The molecule has 0 amide bonds. The number of carbonyl (C=O) groups excluding carboxylic acids is 1. The Labute approximate surface area is 319 Å². The Morgan fingerprint density at radius 3 is 2.17 bits per heavy atom. The van der Waals surface area contributed by atoms with Crippen LogP contribution in [-0.2, 0) is 46.5 Å². The first-order valence-corrected chi connectivity index (χ1v) is 21.1. The molecule has 0 atom stereocenters. The van der Waals surface area contributed by atoms with E-state index in [1.54, 1.807) is 6.07 Å². The number of carboxylic acid groups (broad SMARTS) is 1. The zero-order valence-corrected chi connectivity index (χ0v) is 32.8. The molecule has 2 aliphatic heterocycles. The number of benzene rings is 2. The molecule has 2 aliphatic rings. The number of allylic oxidation sites excluding steroid dienone is 4. The van der Waals surface area contributed by atoms with Gasteiger partial charge in [0.05, 0.1) is 26.0 Å². The van der Waals surface area contributed by atoms with Crippen molar-refractivity contribution in [2.75, 3.05) is 23.7 Å². The van der Waals surface area contributed by atoms with Crippen molar-refractivity contribution in [3.63, 3.8) is 0 Å². The number of nitrogens with zero attached hydrogens (tertiary/aromatic N) is 2. The molecule has 0 aliphatic carbocycles. The van der Waals surface area contributed by atoms with Gasteiger partial charge in [0.15, 0.2) is 11.5 Å². The molecule has 0 spiro atoms. The first-order valence-electron chi connectivity index (χ1n) is 17.1. The highest BCUT2D eigenvalue weighted by Crippen LogP contribution is 2.49. The standard InChI is InChI=1S/C36H46N2O9S2.CH4.O3S/c1-6-13-30(39)26-14-10-15-29-34(26)36(4,5)32(38(29)22-12-23-48(42,43)44)17-11-16-31-35(2,3)27-24-25(49(45,46)47)19-20-28(27)37(31)21-9-7-8-18-33(40)41;;1-4(2)3/h10-11,14-17,19-20,24H,6-9,12-13,18,21-23H2,1-5H3,(H2-,40,41,42,43,44,45,46,47);1H4;. The summed E-state index contributed by atoms with van der Waals surface area (Å²) in [5.74, 6) is -1.35. The van der Waals surface area contributed by atoms with Crippen LogP contribution in [0, 0.1) is 0 Å². The van der Waals surface area contributed by atoms with Gasteiger partial charge in [-0.15, -0.1) is 12.6 Å². The normalized spacial score (nSPS) is 16.4. The van der Waals surface area contributed by atoms with Gasteiger partial charge in [-0.1, -0.05) is 52.8 Å². The molecule has 17 heteroatoms. The number of unbranched alkanes of at least 4 members (excludes halogenated alkanes) is 2. The van der Waals surface area contributed by atoms with Crippen LogP contribution in [0.25, 0.3) is 0 Å². The largest absolute Gasteiger partial charge is 0.748 e. The molecule has 0 saturated heterocycles. The minimum absolute atomic E-state index is 0. The van der Waals surface area contributed by atoms with Crippen LogP contribution in [0.3, 0.4) is 0 Å². The number of anilines is 1. The van der Waals surface area contributed by atoms with Crippen molar-refractivity contribution >= 4 is 59.7 Å². The third-order valence-electron chi connectivity index (χ3n) is 9.38. The molecule has 0 unspecified atom stereocenters. The fraction of sp³-hybridized carbons (Fsp3) is 0.486. The van der Waals surface area contributed by atoms with Crippen molar-refractivity contribution in [3.05, 3.63) is 77.0 Å². The van der Waals surface area contributed by atoms with Gasteiger partial charge < -0.3 is 14.6 Å². The molecular formula is C37H50N2O12S3. The molecular weight excluding hydrogens is 761 g/mol. The minimum atomic E-state index is -4.44. The van der Waals surface area contributed by atoms with Crippen LogP contribution < -0.4 is 4.90 Å². The van der Waals surface area contributed by atoms with Crippen molar-refractivity contribution < 1.29 is 57.8 Å². The van der Waals surface area contributed by atoms with Gasteiger partial charge in [0.1, 0.15) is 6.54 Å². The summed E-state index contributed by atoms with van der Waals surface area (Å²) >= 11 is 0. The molecule has 14 nitrogen and oxygen atoms in total. The Morgan fingerprint density at radius 2 is 1.59 bits per heavy atom. The van der Waals surface area contributed by atoms with Gasteiger partial charge in [-0.2, -0.15) is 13.0 Å².